The monoisotopic (exact) mass is 792 g/mol. The lowest BCUT2D eigenvalue weighted by Crippen LogP contribution is -2.45. The molecule has 0 fully saturated rings. The summed E-state index contributed by atoms with van der Waals surface area (Å²) in [5.74, 6) is -0.0242. The summed E-state index contributed by atoms with van der Waals surface area (Å²) in [4.78, 5) is 12.4. The summed E-state index contributed by atoms with van der Waals surface area (Å²) in [5.41, 5.74) is 0. The maximum Gasteiger partial charge on any atom is 0.220 e. The van der Waals surface area contributed by atoms with Gasteiger partial charge in [-0.25, -0.2) is 0 Å². The van der Waals surface area contributed by atoms with Crippen molar-refractivity contribution in [3.8, 4) is 0 Å². The summed E-state index contributed by atoms with van der Waals surface area (Å²) in [6.45, 7) is 4.39. The predicted octanol–water partition coefficient (Wildman–Crippen LogP) is 16.8. The van der Waals surface area contributed by atoms with Gasteiger partial charge in [0.2, 0.25) is 5.91 Å². The zero-order valence-corrected chi connectivity index (χ0v) is 38.7. The van der Waals surface area contributed by atoms with Crippen LogP contribution in [0, 0.1) is 0 Å². The Morgan fingerprint density at radius 3 is 0.804 bits per heavy atom. The number of unbranched alkanes of at least 4 members (excludes halogenated alkanes) is 42. The number of carbonyl (C=O) groups is 1. The molecule has 336 valence electrons. The van der Waals surface area contributed by atoms with Crippen molar-refractivity contribution in [1.29, 1.82) is 0 Å². The molecule has 0 saturated carbocycles. The molecule has 0 rings (SSSR count). The number of aliphatic hydroxyl groups is 2. The first-order chi connectivity index (χ1) is 27.7. The second-order valence-corrected chi connectivity index (χ2v) is 18.3. The molecule has 0 aliphatic heterocycles. The molecule has 4 nitrogen and oxygen atoms in total. The third kappa shape index (κ3) is 44.5. The Morgan fingerprint density at radius 2 is 0.571 bits per heavy atom. The molecular formula is C52H105NO3. The lowest BCUT2D eigenvalue weighted by molar-refractivity contribution is -0.123. The van der Waals surface area contributed by atoms with Crippen molar-refractivity contribution < 1.29 is 15.0 Å². The van der Waals surface area contributed by atoms with Gasteiger partial charge in [0, 0.05) is 6.42 Å². The van der Waals surface area contributed by atoms with Gasteiger partial charge in [0.15, 0.2) is 0 Å². The Labute approximate surface area is 353 Å². The number of aliphatic hydroxyl groups excluding tert-OH is 2. The molecule has 0 aliphatic carbocycles. The first-order valence-corrected chi connectivity index (χ1v) is 26.2. The van der Waals surface area contributed by atoms with Crippen molar-refractivity contribution in [3.63, 3.8) is 0 Å². The molecule has 0 aliphatic rings. The molecule has 0 heterocycles. The van der Waals surface area contributed by atoms with Crippen LogP contribution in [0.1, 0.15) is 309 Å². The van der Waals surface area contributed by atoms with Gasteiger partial charge in [-0.05, 0) is 12.8 Å². The average Bonchev–Trinajstić information content (AvgIpc) is 3.20. The van der Waals surface area contributed by atoms with E-state index in [-0.39, 0.29) is 12.5 Å². The Bertz CT molecular complexity index is 729. The molecule has 4 heteroatoms. The summed E-state index contributed by atoms with van der Waals surface area (Å²) >= 11 is 0. The van der Waals surface area contributed by atoms with E-state index in [4.69, 9.17) is 0 Å². The first-order valence-electron chi connectivity index (χ1n) is 26.2. The second kappa shape index (κ2) is 48.8. The van der Waals surface area contributed by atoms with E-state index in [1.54, 1.807) is 0 Å². The van der Waals surface area contributed by atoms with Crippen LogP contribution in [0.2, 0.25) is 0 Å². The van der Waals surface area contributed by atoms with Crippen molar-refractivity contribution in [2.45, 2.75) is 321 Å². The molecule has 0 saturated heterocycles. The fourth-order valence-corrected chi connectivity index (χ4v) is 8.60. The molecule has 0 spiro atoms. The fraction of sp³-hybridized carbons (Fsp3) is 0.981. The minimum Gasteiger partial charge on any atom is -0.394 e. The van der Waals surface area contributed by atoms with E-state index in [1.165, 1.54) is 257 Å². The Kier molecular flexibility index (Phi) is 48.2. The number of hydrogen-bond acceptors (Lipinski definition) is 3. The van der Waals surface area contributed by atoms with Crippen LogP contribution in [0.4, 0.5) is 0 Å². The third-order valence-corrected chi connectivity index (χ3v) is 12.6. The zero-order valence-electron chi connectivity index (χ0n) is 38.7. The van der Waals surface area contributed by atoms with Gasteiger partial charge >= 0.3 is 0 Å². The lowest BCUT2D eigenvalue weighted by Gasteiger charge is -2.22. The summed E-state index contributed by atoms with van der Waals surface area (Å²) in [7, 11) is 0. The average molecular weight is 792 g/mol. The van der Waals surface area contributed by atoms with Crippen LogP contribution in [0.15, 0.2) is 0 Å². The highest BCUT2D eigenvalue weighted by molar-refractivity contribution is 5.76. The van der Waals surface area contributed by atoms with E-state index >= 15 is 0 Å². The van der Waals surface area contributed by atoms with Gasteiger partial charge < -0.3 is 15.5 Å². The number of amides is 1. The molecule has 2 unspecified atom stereocenters. The van der Waals surface area contributed by atoms with Crippen LogP contribution >= 0.6 is 0 Å². The number of carbonyl (C=O) groups excluding carboxylic acids is 1. The van der Waals surface area contributed by atoms with Crippen LogP contribution in [0.25, 0.3) is 0 Å². The van der Waals surface area contributed by atoms with E-state index in [1.807, 2.05) is 0 Å². The van der Waals surface area contributed by atoms with Gasteiger partial charge in [0.25, 0.3) is 0 Å². The Hall–Kier alpha value is -0.610. The van der Waals surface area contributed by atoms with Gasteiger partial charge in [-0.2, -0.15) is 0 Å². The molecule has 0 bridgehead atoms. The largest absolute Gasteiger partial charge is 0.394 e. The van der Waals surface area contributed by atoms with Crippen molar-refractivity contribution in [2.75, 3.05) is 6.61 Å². The highest BCUT2D eigenvalue weighted by atomic mass is 16.3. The zero-order chi connectivity index (χ0) is 40.7. The molecule has 3 N–H and O–H groups in total. The molecule has 1 amide bonds. The van der Waals surface area contributed by atoms with Gasteiger partial charge in [0.1, 0.15) is 0 Å². The van der Waals surface area contributed by atoms with Crippen molar-refractivity contribution in [1.82, 2.24) is 5.32 Å². The van der Waals surface area contributed by atoms with Crippen molar-refractivity contribution in [3.05, 3.63) is 0 Å². The van der Waals surface area contributed by atoms with Crippen LogP contribution in [-0.2, 0) is 4.79 Å². The van der Waals surface area contributed by atoms with Gasteiger partial charge in [-0.15, -0.1) is 0 Å². The van der Waals surface area contributed by atoms with E-state index in [0.29, 0.717) is 12.8 Å². The number of nitrogens with one attached hydrogen (secondary N) is 1. The quantitative estimate of drug-likeness (QED) is 0.0538. The Morgan fingerprint density at radius 1 is 0.357 bits per heavy atom. The minimum atomic E-state index is -0.653. The summed E-state index contributed by atoms with van der Waals surface area (Å²) in [5, 5.41) is 23.2. The van der Waals surface area contributed by atoms with Crippen LogP contribution in [-0.4, -0.2) is 34.9 Å². The lowest BCUT2D eigenvalue weighted by atomic mass is 10.0. The predicted molar refractivity (Wildman–Crippen MR) is 249 cm³/mol. The smallest absolute Gasteiger partial charge is 0.220 e. The molecule has 0 aromatic heterocycles. The molecule has 2 atom stereocenters. The van der Waals surface area contributed by atoms with E-state index in [0.717, 1.165) is 25.7 Å². The summed E-state index contributed by atoms with van der Waals surface area (Å²) in [6, 6.07) is -0.529. The number of rotatable bonds is 49. The molecule has 0 aromatic rings. The Balaban J connectivity index is 3.35. The van der Waals surface area contributed by atoms with Crippen molar-refractivity contribution in [2.24, 2.45) is 0 Å². The molecule has 0 aromatic carbocycles. The molecule has 56 heavy (non-hydrogen) atoms. The second-order valence-electron chi connectivity index (χ2n) is 18.3. The third-order valence-electron chi connectivity index (χ3n) is 12.6. The highest BCUT2D eigenvalue weighted by Gasteiger charge is 2.20. The normalized spacial score (nSPS) is 12.7. The van der Waals surface area contributed by atoms with Crippen LogP contribution < -0.4 is 5.32 Å². The van der Waals surface area contributed by atoms with Gasteiger partial charge in [-0.1, -0.05) is 290 Å². The highest BCUT2D eigenvalue weighted by Crippen LogP contribution is 2.18. The summed E-state index contributed by atoms with van der Waals surface area (Å²) < 4.78 is 0. The molecule has 0 radical (unpaired) electrons. The first kappa shape index (κ1) is 55.4. The fourth-order valence-electron chi connectivity index (χ4n) is 8.60. The molecular weight excluding hydrogens is 687 g/mol. The van der Waals surface area contributed by atoms with Crippen molar-refractivity contribution >= 4 is 5.91 Å². The SMILES string of the molecule is CCCCCCCCCCCCCCCCCCCCCCCCCCCCCCCCCC(=O)NC(CO)C(O)CCCCCCCCCCCCCCC. The van der Waals surface area contributed by atoms with Crippen LogP contribution in [0.5, 0.6) is 0 Å². The number of hydrogen-bond donors (Lipinski definition) is 3. The van der Waals surface area contributed by atoms with E-state index in [9.17, 15) is 15.0 Å². The van der Waals surface area contributed by atoms with Gasteiger partial charge in [-0.3, -0.25) is 4.79 Å². The minimum absolute atomic E-state index is 0.0242. The maximum atomic E-state index is 12.4. The topological polar surface area (TPSA) is 69.6 Å². The maximum absolute atomic E-state index is 12.4. The standard InChI is InChI=1S/C52H105NO3/c1-3-5-7-9-11-13-15-17-18-19-20-21-22-23-24-25-26-27-28-29-30-31-32-33-34-36-38-40-42-44-46-48-52(56)53-50(49-54)51(55)47-45-43-41-39-37-35-16-14-12-10-8-6-4-2/h50-51,54-55H,3-49H2,1-2H3,(H,53,56). The van der Waals surface area contributed by atoms with Gasteiger partial charge in [0.05, 0.1) is 18.8 Å². The summed E-state index contributed by atoms with van der Waals surface area (Å²) in [6.07, 6.45) is 60.9. The van der Waals surface area contributed by atoms with Crippen LogP contribution in [0.3, 0.4) is 0 Å². The van der Waals surface area contributed by atoms with E-state index in [2.05, 4.69) is 19.2 Å². The van der Waals surface area contributed by atoms with E-state index < -0.39 is 12.1 Å².